The lowest BCUT2D eigenvalue weighted by atomic mass is 9.95. The maximum atomic E-state index is 5.82. The molecule has 0 aliphatic heterocycles. The van der Waals surface area contributed by atoms with Gasteiger partial charge in [-0.2, -0.15) is 0 Å². The third kappa shape index (κ3) is 8.85. The quantitative estimate of drug-likeness (QED) is 0.510. The predicted octanol–water partition coefficient (Wildman–Crippen LogP) is 5.48. The van der Waals surface area contributed by atoms with Crippen LogP contribution in [0.15, 0.2) is 24.3 Å². The molecule has 0 amide bonds. The van der Waals surface area contributed by atoms with E-state index in [0.29, 0.717) is 12.5 Å². The van der Waals surface area contributed by atoms with E-state index in [1.165, 1.54) is 12.8 Å². The van der Waals surface area contributed by atoms with Crippen LogP contribution in [0.2, 0.25) is 0 Å². The molecule has 0 N–H and O–H groups in total. The van der Waals surface area contributed by atoms with Gasteiger partial charge in [0.05, 0.1) is 18.8 Å². The lowest BCUT2D eigenvalue weighted by Crippen LogP contribution is -2.24. The summed E-state index contributed by atoms with van der Waals surface area (Å²) < 4.78 is 17.0. The second-order valence-electron chi connectivity index (χ2n) is 6.73. The first kappa shape index (κ1) is 19.8. The molecule has 3 nitrogen and oxygen atoms in total. The van der Waals surface area contributed by atoms with Crippen LogP contribution in [0.25, 0.3) is 0 Å². The Morgan fingerprint density at radius 2 is 1.52 bits per heavy atom. The Balaban J connectivity index is 2.17. The van der Waals surface area contributed by atoms with E-state index in [1.54, 1.807) is 0 Å². The zero-order valence-corrected chi connectivity index (χ0v) is 15.6. The Hall–Kier alpha value is -1.22. The molecule has 3 heteroatoms. The molecule has 1 unspecified atom stereocenters. The monoisotopic (exact) mass is 322 g/mol. The summed E-state index contributed by atoms with van der Waals surface area (Å²) in [4.78, 5) is 0. The van der Waals surface area contributed by atoms with Gasteiger partial charge in [0.25, 0.3) is 0 Å². The zero-order chi connectivity index (χ0) is 17.1. The van der Waals surface area contributed by atoms with Gasteiger partial charge in [-0.05, 0) is 70.7 Å². The first-order valence-corrected chi connectivity index (χ1v) is 8.96. The van der Waals surface area contributed by atoms with E-state index in [1.807, 2.05) is 31.2 Å². The lowest BCUT2D eigenvalue weighted by molar-refractivity contribution is -0.0183. The van der Waals surface area contributed by atoms with Gasteiger partial charge >= 0.3 is 0 Å². The van der Waals surface area contributed by atoms with Crippen LogP contribution in [0, 0.1) is 5.92 Å². The van der Waals surface area contributed by atoms with Crippen molar-refractivity contribution in [2.75, 3.05) is 19.8 Å². The Kier molecular flexibility index (Phi) is 9.08. The molecule has 0 aliphatic rings. The summed E-state index contributed by atoms with van der Waals surface area (Å²) >= 11 is 0. The molecule has 1 aromatic rings. The topological polar surface area (TPSA) is 27.7 Å². The van der Waals surface area contributed by atoms with Crippen molar-refractivity contribution in [1.82, 2.24) is 0 Å². The number of hydrogen-bond donors (Lipinski definition) is 0. The van der Waals surface area contributed by atoms with Gasteiger partial charge in [-0.3, -0.25) is 0 Å². The highest BCUT2D eigenvalue weighted by Gasteiger charge is 2.17. The third-order valence-electron chi connectivity index (χ3n) is 4.02. The highest BCUT2D eigenvalue weighted by Crippen LogP contribution is 2.22. The van der Waals surface area contributed by atoms with Gasteiger partial charge in [0.15, 0.2) is 0 Å². The van der Waals surface area contributed by atoms with Gasteiger partial charge in [0.2, 0.25) is 0 Å². The van der Waals surface area contributed by atoms with Crippen molar-refractivity contribution in [3.63, 3.8) is 0 Å². The summed E-state index contributed by atoms with van der Waals surface area (Å²) in [7, 11) is 0. The fraction of sp³-hybridized carbons (Fsp3) is 0.700. The fourth-order valence-electron chi connectivity index (χ4n) is 2.66. The summed E-state index contributed by atoms with van der Waals surface area (Å²) in [6.45, 7) is 13.0. The van der Waals surface area contributed by atoms with Crippen LogP contribution in [0.1, 0.15) is 60.3 Å². The molecule has 0 aromatic heterocycles. The maximum Gasteiger partial charge on any atom is 0.119 e. The van der Waals surface area contributed by atoms with Crippen molar-refractivity contribution < 1.29 is 14.2 Å². The SMILES string of the molecule is CCOc1ccc(OCCC(C)CCCC(C)(C)OCC)cc1. The zero-order valence-electron chi connectivity index (χ0n) is 15.6. The summed E-state index contributed by atoms with van der Waals surface area (Å²) in [6, 6.07) is 7.86. The Bertz CT molecular complexity index is 411. The van der Waals surface area contributed by atoms with E-state index in [0.717, 1.165) is 37.6 Å². The number of benzene rings is 1. The van der Waals surface area contributed by atoms with Crippen molar-refractivity contribution in [3.05, 3.63) is 24.3 Å². The molecule has 1 rings (SSSR count). The second kappa shape index (κ2) is 10.5. The Labute approximate surface area is 142 Å². The summed E-state index contributed by atoms with van der Waals surface area (Å²) in [5.74, 6) is 2.48. The van der Waals surface area contributed by atoms with E-state index < -0.39 is 0 Å². The molecule has 0 saturated carbocycles. The minimum atomic E-state index is 0.00722. The average Bonchev–Trinajstić information content (AvgIpc) is 2.49. The standard InChI is InChI=1S/C20H34O3/c1-6-21-18-10-12-19(13-11-18)22-16-14-17(3)9-8-15-20(4,5)23-7-2/h10-13,17H,6-9,14-16H2,1-5H3. The van der Waals surface area contributed by atoms with Crippen molar-refractivity contribution >= 4 is 0 Å². The number of hydrogen-bond acceptors (Lipinski definition) is 3. The van der Waals surface area contributed by atoms with Crippen LogP contribution < -0.4 is 9.47 Å². The smallest absolute Gasteiger partial charge is 0.119 e. The van der Waals surface area contributed by atoms with Gasteiger partial charge in [-0.25, -0.2) is 0 Å². The van der Waals surface area contributed by atoms with E-state index in [-0.39, 0.29) is 5.60 Å². The number of ether oxygens (including phenoxy) is 3. The predicted molar refractivity (Wildman–Crippen MR) is 96.4 cm³/mol. The first-order chi connectivity index (χ1) is 11.0. The maximum absolute atomic E-state index is 5.82. The molecule has 0 bridgehead atoms. The minimum Gasteiger partial charge on any atom is -0.494 e. The molecule has 1 aromatic carbocycles. The fourth-order valence-corrected chi connectivity index (χ4v) is 2.66. The van der Waals surface area contributed by atoms with Crippen LogP contribution >= 0.6 is 0 Å². The van der Waals surface area contributed by atoms with Crippen molar-refractivity contribution in [3.8, 4) is 11.5 Å². The van der Waals surface area contributed by atoms with Crippen LogP contribution in [-0.2, 0) is 4.74 Å². The average molecular weight is 322 g/mol. The second-order valence-corrected chi connectivity index (χ2v) is 6.73. The molecule has 132 valence electrons. The van der Waals surface area contributed by atoms with E-state index in [9.17, 15) is 0 Å². The normalized spacial score (nSPS) is 12.9. The van der Waals surface area contributed by atoms with Crippen LogP contribution in [0.3, 0.4) is 0 Å². The van der Waals surface area contributed by atoms with Crippen molar-refractivity contribution in [2.24, 2.45) is 5.92 Å². The first-order valence-electron chi connectivity index (χ1n) is 8.96. The molecule has 0 spiro atoms. The van der Waals surface area contributed by atoms with E-state index in [4.69, 9.17) is 14.2 Å². The lowest BCUT2D eigenvalue weighted by Gasteiger charge is -2.25. The molecule has 0 heterocycles. The summed E-state index contributed by atoms with van der Waals surface area (Å²) in [5.41, 5.74) is 0.00722. The number of rotatable bonds is 12. The van der Waals surface area contributed by atoms with Crippen LogP contribution in [0.5, 0.6) is 11.5 Å². The summed E-state index contributed by atoms with van der Waals surface area (Å²) in [6.07, 6.45) is 4.63. The van der Waals surface area contributed by atoms with Gasteiger partial charge in [-0.1, -0.05) is 19.8 Å². The minimum absolute atomic E-state index is 0.00722. The molecular formula is C20H34O3. The van der Waals surface area contributed by atoms with Gasteiger partial charge in [0.1, 0.15) is 11.5 Å². The Morgan fingerprint density at radius 1 is 0.913 bits per heavy atom. The molecule has 0 radical (unpaired) electrons. The molecule has 23 heavy (non-hydrogen) atoms. The highest BCUT2D eigenvalue weighted by atomic mass is 16.5. The third-order valence-corrected chi connectivity index (χ3v) is 4.02. The van der Waals surface area contributed by atoms with Crippen LogP contribution in [-0.4, -0.2) is 25.4 Å². The molecule has 1 atom stereocenters. The Morgan fingerprint density at radius 3 is 2.09 bits per heavy atom. The highest BCUT2D eigenvalue weighted by molar-refractivity contribution is 5.31. The van der Waals surface area contributed by atoms with Gasteiger partial charge < -0.3 is 14.2 Å². The molecule has 0 fully saturated rings. The largest absolute Gasteiger partial charge is 0.494 e. The van der Waals surface area contributed by atoms with Crippen molar-refractivity contribution in [1.29, 1.82) is 0 Å². The summed E-state index contributed by atoms with van der Waals surface area (Å²) in [5, 5.41) is 0. The van der Waals surface area contributed by atoms with E-state index >= 15 is 0 Å². The molecular weight excluding hydrogens is 288 g/mol. The van der Waals surface area contributed by atoms with Crippen LogP contribution in [0.4, 0.5) is 0 Å². The van der Waals surface area contributed by atoms with Gasteiger partial charge in [0, 0.05) is 6.61 Å². The molecule has 0 aliphatic carbocycles. The van der Waals surface area contributed by atoms with E-state index in [2.05, 4.69) is 27.7 Å². The van der Waals surface area contributed by atoms with Crippen molar-refractivity contribution in [2.45, 2.75) is 65.9 Å². The van der Waals surface area contributed by atoms with Gasteiger partial charge in [-0.15, -0.1) is 0 Å². The molecule has 0 saturated heterocycles.